The van der Waals surface area contributed by atoms with E-state index in [0.29, 0.717) is 41.3 Å². The first-order valence-corrected chi connectivity index (χ1v) is 19.0. The molecule has 0 unspecified atom stereocenters. The minimum absolute atomic E-state index is 0.00147. The van der Waals surface area contributed by atoms with Crippen LogP contribution in [0, 0.1) is 13.8 Å². The van der Waals surface area contributed by atoms with Crippen molar-refractivity contribution in [2.45, 2.75) is 45.8 Å². The summed E-state index contributed by atoms with van der Waals surface area (Å²) in [6.07, 6.45) is -0.863. The van der Waals surface area contributed by atoms with E-state index < -0.39 is 17.6 Å². The molecule has 2 aliphatic heterocycles. The number of halogens is 3. The van der Waals surface area contributed by atoms with E-state index >= 15 is 0 Å². The number of anilines is 3. The van der Waals surface area contributed by atoms with Crippen molar-refractivity contribution in [2.75, 3.05) is 63.6 Å². The Hall–Kier alpha value is -5.53. The molecule has 5 aromatic rings. The molecule has 3 heterocycles. The van der Waals surface area contributed by atoms with Crippen molar-refractivity contribution in [3.8, 4) is 16.9 Å². The Kier molecular flexibility index (Phi) is 11.3. The Morgan fingerprint density at radius 3 is 2.38 bits per heavy atom. The Morgan fingerprint density at radius 2 is 1.64 bits per heavy atom. The van der Waals surface area contributed by atoms with Gasteiger partial charge in [-0.1, -0.05) is 12.1 Å². The van der Waals surface area contributed by atoms with Gasteiger partial charge in [-0.15, -0.1) is 0 Å². The number of piperidine rings is 1. The Balaban J connectivity index is 1.05. The van der Waals surface area contributed by atoms with Gasteiger partial charge in [0.25, 0.3) is 11.8 Å². The van der Waals surface area contributed by atoms with E-state index in [9.17, 15) is 22.8 Å². The summed E-state index contributed by atoms with van der Waals surface area (Å²) in [5, 5.41) is 6.82. The van der Waals surface area contributed by atoms with Gasteiger partial charge in [0.05, 0.1) is 23.4 Å². The summed E-state index contributed by atoms with van der Waals surface area (Å²) in [5.41, 5.74) is 4.99. The summed E-state index contributed by atoms with van der Waals surface area (Å²) in [7, 11) is 2.16. The normalized spacial score (nSPS) is 15.9. The van der Waals surface area contributed by atoms with Crippen molar-refractivity contribution >= 4 is 40.0 Å². The van der Waals surface area contributed by atoms with Crippen molar-refractivity contribution < 1.29 is 27.5 Å². The second kappa shape index (κ2) is 16.3. The molecule has 10 nitrogen and oxygen atoms in total. The number of nitrogens with zero attached hydrogens (tertiary/aromatic N) is 5. The van der Waals surface area contributed by atoms with Gasteiger partial charge in [-0.3, -0.25) is 14.5 Å². The zero-order chi connectivity index (χ0) is 39.6. The second-order valence-electron chi connectivity index (χ2n) is 14.6. The number of aryl methyl sites for hydroxylation is 2. The lowest BCUT2D eigenvalue weighted by Crippen LogP contribution is -2.52. The molecule has 0 bridgehead atoms. The third-order valence-electron chi connectivity index (χ3n) is 10.7. The Morgan fingerprint density at radius 1 is 0.875 bits per heavy atom. The van der Waals surface area contributed by atoms with Crippen LogP contribution in [0.1, 0.15) is 57.2 Å². The van der Waals surface area contributed by atoms with Crippen molar-refractivity contribution in [2.24, 2.45) is 0 Å². The number of alkyl halides is 3. The molecule has 2 N–H and O–H groups in total. The number of amides is 2. The number of likely N-dealkylation sites (N-methyl/N-ethyl adjacent to an activating group) is 1. The average Bonchev–Trinajstić information content (AvgIpc) is 3.19. The highest BCUT2D eigenvalue weighted by atomic mass is 19.4. The van der Waals surface area contributed by atoms with E-state index in [-0.39, 0.29) is 11.5 Å². The molecule has 2 aliphatic rings. The van der Waals surface area contributed by atoms with Gasteiger partial charge in [0.2, 0.25) is 5.95 Å². The molecule has 56 heavy (non-hydrogen) atoms. The molecule has 2 saturated heterocycles. The summed E-state index contributed by atoms with van der Waals surface area (Å²) < 4.78 is 45.7. The van der Waals surface area contributed by atoms with Crippen LogP contribution in [0.5, 0.6) is 5.75 Å². The summed E-state index contributed by atoms with van der Waals surface area (Å²) in [5.74, 6) is 0.271. The van der Waals surface area contributed by atoms with Gasteiger partial charge >= 0.3 is 6.18 Å². The average molecular weight is 766 g/mol. The second-order valence-corrected chi connectivity index (χ2v) is 14.6. The minimum atomic E-state index is -4.55. The highest BCUT2D eigenvalue weighted by Gasteiger charge is 2.31. The number of hydrogen-bond donors (Lipinski definition) is 2. The number of carbonyl (C=O) groups excluding carboxylic acids is 2. The Bertz CT molecular complexity index is 2250. The third kappa shape index (κ3) is 8.63. The van der Waals surface area contributed by atoms with Crippen molar-refractivity contribution in [1.29, 1.82) is 0 Å². The largest absolute Gasteiger partial charge is 0.492 e. The van der Waals surface area contributed by atoms with Crippen molar-refractivity contribution in [3.05, 3.63) is 107 Å². The number of rotatable bonds is 9. The smallest absolute Gasteiger partial charge is 0.416 e. The fraction of sp³-hybridized carbons (Fsp3) is 0.349. The van der Waals surface area contributed by atoms with Gasteiger partial charge < -0.3 is 25.2 Å². The fourth-order valence-corrected chi connectivity index (χ4v) is 7.55. The van der Waals surface area contributed by atoms with E-state index in [1.54, 1.807) is 24.4 Å². The first kappa shape index (κ1) is 38.7. The zero-order valence-corrected chi connectivity index (χ0v) is 32.0. The van der Waals surface area contributed by atoms with Crippen LogP contribution in [0.15, 0.2) is 79.0 Å². The molecule has 4 aromatic carbocycles. The highest BCUT2D eigenvalue weighted by molar-refractivity contribution is 6.05. The molecular formula is C43H46F3N7O3. The standard InChI is InChI=1S/C43H46F3N7O3/c1-5-56-38-24-30(41(55)53-15-13-35(14-16-53)52-19-17-51(4)18-20-52)10-12-37(38)49-42-47-26-32-22-31(21-28(3)39(32)50-42)36-25-34(11-9-27(36)2)48-40(54)29-7-6-8-33(23-29)43(44,45)46/h6-12,21-26,35H,5,13-20H2,1-4H3,(H,48,54)(H,47,49,50). The maximum Gasteiger partial charge on any atom is 0.416 e. The summed E-state index contributed by atoms with van der Waals surface area (Å²) in [6.45, 7) is 12.0. The van der Waals surface area contributed by atoms with Gasteiger partial charge in [0.1, 0.15) is 5.75 Å². The van der Waals surface area contributed by atoms with Crippen LogP contribution in [0.4, 0.5) is 30.5 Å². The number of hydrogen-bond acceptors (Lipinski definition) is 8. The number of fused-ring (bicyclic) bond motifs is 1. The van der Waals surface area contributed by atoms with Crippen LogP contribution in [0.3, 0.4) is 0 Å². The van der Waals surface area contributed by atoms with E-state index in [0.717, 1.165) is 97.4 Å². The maximum atomic E-state index is 13.6. The molecule has 0 radical (unpaired) electrons. The molecule has 0 atom stereocenters. The van der Waals surface area contributed by atoms with Crippen molar-refractivity contribution in [3.63, 3.8) is 0 Å². The predicted molar refractivity (Wildman–Crippen MR) is 213 cm³/mol. The van der Waals surface area contributed by atoms with E-state index in [1.165, 1.54) is 12.1 Å². The van der Waals surface area contributed by atoms with E-state index in [4.69, 9.17) is 9.72 Å². The number of piperazine rings is 1. The fourth-order valence-electron chi connectivity index (χ4n) is 7.55. The molecule has 2 fully saturated rings. The van der Waals surface area contributed by atoms with Gasteiger partial charge in [-0.25, -0.2) is 9.97 Å². The van der Waals surface area contributed by atoms with Crippen LogP contribution in [0.2, 0.25) is 0 Å². The maximum absolute atomic E-state index is 13.6. The minimum Gasteiger partial charge on any atom is -0.492 e. The summed E-state index contributed by atoms with van der Waals surface area (Å²) >= 11 is 0. The predicted octanol–water partition coefficient (Wildman–Crippen LogP) is 8.18. The van der Waals surface area contributed by atoms with Crippen LogP contribution in [-0.2, 0) is 6.18 Å². The molecule has 0 saturated carbocycles. The molecule has 0 spiro atoms. The molecule has 292 valence electrons. The number of carbonyl (C=O) groups is 2. The molecule has 13 heteroatoms. The first-order chi connectivity index (χ1) is 26.9. The van der Waals surface area contributed by atoms with Crippen LogP contribution in [-0.4, -0.2) is 95.4 Å². The quantitative estimate of drug-likeness (QED) is 0.155. The molecule has 1 aromatic heterocycles. The number of benzene rings is 4. The highest BCUT2D eigenvalue weighted by Crippen LogP contribution is 2.34. The Labute approximate surface area is 324 Å². The molecule has 0 aliphatic carbocycles. The monoisotopic (exact) mass is 765 g/mol. The molecular weight excluding hydrogens is 720 g/mol. The summed E-state index contributed by atoms with van der Waals surface area (Å²) in [6, 6.07) is 19.6. The van der Waals surface area contributed by atoms with Crippen LogP contribution >= 0.6 is 0 Å². The SMILES string of the molecule is CCOc1cc(C(=O)N2CCC(N3CCN(C)CC3)CC2)ccc1Nc1ncc2cc(-c3cc(NC(=O)c4cccc(C(F)(F)F)c4)ccc3C)cc(C)c2n1. The van der Waals surface area contributed by atoms with Crippen LogP contribution < -0.4 is 15.4 Å². The molecule has 2 amide bonds. The van der Waals surface area contributed by atoms with Gasteiger partial charge in [0, 0.05) is 73.7 Å². The topological polar surface area (TPSA) is 103 Å². The number of aromatic nitrogens is 2. The number of nitrogens with one attached hydrogen (secondary N) is 2. The van der Waals surface area contributed by atoms with Gasteiger partial charge in [-0.05, 0) is 124 Å². The third-order valence-corrected chi connectivity index (χ3v) is 10.7. The zero-order valence-electron chi connectivity index (χ0n) is 32.0. The van der Waals surface area contributed by atoms with E-state index in [1.807, 2.05) is 56.0 Å². The number of likely N-dealkylation sites (tertiary alicyclic amines) is 1. The lowest BCUT2D eigenvalue weighted by atomic mass is 9.96. The number of ether oxygens (including phenoxy) is 1. The van der Waals surface area contributed by atoms with Gasteiger partial charge in [-0.2, -0.15) is 13.2 Å². The van der Waals surface area contributed by atoms with Crippen molar-refractivity contribution in [1.82, 2.24) is 24.7 Å². The first-order valence-electron chi connectivity index (χ1n) is 19.0. The van der Waals surface area contributed by atoms with Crippen LogP contribution in [0.25, 0.3) is 22.0 Å². The lowest BCUT2D eigenvalue weighted by molar-refractivity contribution is -0.137. The summed E-state index contributed by atoms with van der Waals surface area (Å²) in [4.78, 5) is 42.8. The lowest BCUT2D eigenvalue weighted by Gasteiger charge is -2.42. The molecule has 7 rings (SSSR count). The van der Waals surface area contributed by atoms with E-state index in [2.05, 4.69) is 32.5 Å². The van der Waals surface area contributed by atoms with Gasteiger partial charge in [0.15, 0.2) is 0 Å².